The molecular weight excluding hydrogens is 265 g/mol. The van der Waals surface area contributed by atoms with Crippen LogP contribution in [0.5, 0.6) is 0 Å². The van der Waals surface area contributed by atoms with Gasteiger partial charge in [-0.15, -0.1) is 0 Å². The number of nitro groups is 1. The maximum absolute atomic E-state index is 13.6. The highest BCUT2D eigenvalue weighted by Crippen LogP contribution is 2.17. The Hall–Kier alpha value is -2.02. The number of hydrogen-bond acceptors (Lipinski definition) is 4. The quantitative estimate of drug-likeness (QED) is 0.669. The Morgan fingerprint density at radius 3 is 2.95 bits per heavy atom. The summed E-state index contributed by atoms with van der Waals surface area (Å²) in [4.78, 5) is 24.0. The summed E-state index contributed by atoms with van der Waals surface area (Å²) in [7, 11) is 2.00. The van der Waals surface area contributed by atoms with E-state index in [0.29, 0.717) is 12.5 Å². The molecule has 1 aromatic carbocycles. The molecule has 0 radical (unpaired) electrons. The van der Waals surface area contributed by atoms with Crippen LogP contribution in [0.25, 0.3) is 0 Å². The summed E-state index contributed by atoms with van der Waals surface area (Å²) >= 11 is 0. The smallest absolute Gasteiger partial charge is 0.270 e. The number of nitro benzene ring substituents is 1. The van der Waals surface area contributed by atoms with Crippen molar-refractivity contribution in [2.75, 3.05) is 26.7 Å². The van der Waals surface area contributed by atoms with E-state index < -0.39 is 16.6 Å². The van der Waals surface area contributed by atoms with E-state index in [4.69, 9.17) is 0 Å². The van der Waals surface area contributed by atoms with Gasteiger partial charge >= 0.3 is 0 Å². The predicted molar refractivity (Wildman–Crippen MR) is 71.0 cm³/mol. The second-order valence-corrected chi connectivity index (χ2v) is 5.05. The number of rotatable bonds is 4. The molecule has 0 saturated carbocycles. The second kappa shape index (κ2) is 5.96. The first-order valence-corrected chi connectivity index (χ1v) is 6.38. The number of carbonyl (C=O) groups excluding carboxylic acids is 1. The van der Waals surface area contributed by atoms with Crippen molar-refractivity contribution < 1.29 is 14.1 Å². The van der Waals surface area contributed by atoms with Crippen molar-refractivity contribution in [3.8, 4) is 0 Å². The van der Waals surface area contributed by atoms with E-state index in [0.717, 1.165) is 37.7 Å². The third kappa shape index (κ3) is 3.30. The van der Waals surface area contributed by atoms with Crippen molar-refractivity contribution >= 4 is 11.6 Å². The molecule has 1 N–H and O–H groups in total. The fourth-order valence-corrected chi connectivity index (χ4v) is 2.33. The highest BCUT2D eigenvalue weighted by atomic mass is 19.1. The van der Waals surface area contributed by atoms with Crippen LogP contribution < -0.4 is 5.32 Å². The van der Waals surface area contributed by atoms with Gasteiger partial charge in [0.05, 0.1) is 10.5 Å². The van der Waals surface area contributed by atoms with Crippen LogP contribution in [0.3, 0.4) is 0 Å². The molecule has 1 heterocycles. The lowest BCUT2D eigenvalue weighted by atomic mass is 10.1. The van der Waals surface area contributed by atoms with E-state index in [2.05, 4.69) is 10.2 Å². The molecule has 108 valence electrons. The van der Waals surface area contributed by atoms with Crippen molar-refractivity contribution in [3.63, 3.8) is 0 Å². The zero-order valence-electron chi connectivity index (χ0n) is 11.1. The minimum atomic E-state index is -0.753. The molecule has 1 amide bonds. The predicted octanol–water partition coefficient (Wildman–Crippen LogP) is 1.42. The molecule has 0 aromatic heterocycles. The highest BCUT2D eigenvalue weighted by molar-refractivity contribution is 5.95. The van der Waals surface area contributed by atoms with Crippen LogP contribution in [0.15, 0.2) is 18.2 Å². The zero-order valence-corrected chi connectivity index (χ0v) is 11.1. The SMILES string of the molecule is CN1CCC(CNC(=O)c2cc([N+](=O)[O-])ccc2F)C1. The number of benzene rings is 1. The van der Waals surface area contributed by atoms with E-state index >= 15 is 0 Å². The van der Waals surface area contributed by atoms with Crippen molar-refractivity contribution in [2.45, 2.75) is 6.42 Å². The number of amides is 1. The highest BCUT2D eigenvalue weighted by Gasteiger charge is 2.21. The maximum atomic E-state index is 13.6. The third-order valence-electron chi connectivity index (χ3n) is 3.45. The number of nitrogens with one attached hydrogen (secondary N) is 1. The minimum Gasteiger partial charge on any atom is -0.352 e. The molecule has 1 unspecified atom stereocenters. The molecule has 0 bridgehead atoms. The van der Waals surface area contributed by atoms with Gasteiger partial charge in [-0.3, -0.25) is 14.9 Å². The average molecular weight is 281 g/mol. The van der Waals surface area contributed by atoms with Gasteiger partial charge in [-0.25, -0.2) is 4.39 Å². The Kier molecular flexibility index (Phi) is 4.29. The van der Waals surface area contributed by atoms with E-state index in [1.165, 1.54) is 0 Å². The van der Waals surface area contributed by atoms with Crippen LogP contribution in [0, 0.1) is 21.8 Å². The van der Waals surface area contributed by atoms with Gasteiger partial charge in [-0.1, -0.05) is 0 Å². The molecule has 1 aliphatic rings. The number of non-ortho nitro benzene ring substituents is 1. The fraction of sp³-hybridized carbons (Fsp3) is 0.462. The van der Waals surface area contributed by atoms with Crippen LogP contribution in [0.4, 0.5) is 10.1 Å². The van der Waals surface area contributed by atoms with Gasteiger partial charge in [-0.2, -0.15) is 0 Å². The van der Waals surface area contributed by atoms with Crippen molar-refractivity contribution in [1.29, 1.82) is 0 Å². The molecule has 1 saturated heterocycles. The van der Waals surface area contributed by atoms with Crippen LogP contribution >= 0.6 is 0 Å². The van der Waals surface area contributed by atoms with E-state index in [9.17, 15) is 19.3 Å². The number of likely N-dealkylation sites (tertiary alicyclic amines) is 1. The number of carbonyl (C=O) groups is 1. The van der Waals surface area contributed by atoms with E-state index in [-0.39, 0.29) is 11.3 Å². The molecule has 20 heavy (non-hydrogen) atoms. The minimum absolute atomic E-state index is 0.287. The second-order valence-electron chi connectivity index (χ2n) is 5.05. The monoisotopic (exact) mass is 281 g/mol. The molecule has 1 aliphatic heterocycles. The Balaban J connectivity index is 2.01. The van der Waals surface area contributed by atoms with Gasteiger partial charge in [0.25, 0.3) is 11.6 Å². The summed E-state index contributed by atoms with van der Waals surface area (Å²) in [5.74, 6) is -1.02. The van der Waals surface area contributed by atoms with Crippen LogP contribution in [0.1, 0.15) is 16.8 Å². The van der Waals surface area contributed by atoms with Gasteiger partial charge in [-0.05, 0) is 32.0 Å². The van der Waals surface area contributed by atoms with Crippen LogP contribution in [0.2, 0.25) is 0 Å². The molecule has 0 aliphatic carbocycles. The summed E-state index contributed by atoms with van der Waals surface area (Å²) in [6.07, 6.45) is 0.980. The molecule has 1 aromatic rings. The van der Waals surface area contributed by atoms with Gasteiger partial charge in [0.2, 0.25) is 0 Å². The number of halogens is 1. The number of hydrogen-bond donors (Lipinski definition) is 1. The molecule has 1 fully saturated rings. The van der Waals surface area contributed by atoms with Crippen LogP contribution in [-0.4, -0.2) is 42.4 Å². The maximum Gasteiger partial charge on any atom is 0.270 e. The molecule has 2 rings (SSSR count). The van der Waals surface area contributed by atoms with Crippen LogP contribution in [-0.2, 0) is 0 Å². The molecular formula is C13H16FN3O3. The van der Waals surface area contributed by atoms with E-state index in [1.54, 1.807) is 0 Å². The van der Waals surface area contributed by atoms with Crippen molar-refractivity contribution in [1.82, 2.24) is 10.2 Å². The average Bonchev–Trinajstić information content (AvgIpc) is 2.82. The lowest BCUT2D eigenvalue weighted by molar-refractivity contribution is -0.384. The topological polar surface area (TPSA) is 75.5 Å². The molecule has 6 nitrogen and oxygen atoms in total. The lowest BCUT2D eigenvalue weighted by Gasteiger charge is -2.12. The first-order valence-electron chi connectivity index (χ1n) is 6.38. The molecule has 1 atom stereocenters. The summed E-state index contributed by atoms with van der Waals surface area (Å²) in [5, 5.41) is 13.3. The Labute approximate surface area is 115 Å². The summed E-state index contributed by atoms with van der Waals surface area (Å²) in [6.45, 7) is 2.31. The molecule has 0 spiro atoms. The normalized spacial score (nSPS) is 19.0. The van der Waals surface area contributed by atoms with Gasteiger partial charge in [0.15, 0.2) is 0 Å². The largest absolute Gasteiger partial charge is 0.352 e. The lowest BCUT2D eigenvalue weighted by Crippen LogP contribution is -2.31. The number of nitrogens with zero attached hydrogens (tertiary/aromatic N) is 2. The first-order chi connectivity index (χ1) is 9.47. The van der Waals surface area contributed by atoms with Crippen molar-refractivity contribution in [3.05, 3.63) is 39.7 Å². The zero-order chi connectivity index (χ0) is 14.7. The van der Waals surface area contributed by atoms with Gasteiger partial charge < -0.3 is 10.2 Å². The fourth-order valence-electron chi connectivity index (χ4n) is 2.33. The Bertz CT molecular complexity index is 536. The summed E-state index contributed by atoms with van der Waals surface area (Å²) in [5.41, 5.74) is -0.581. The Morgan fingerprint density at radius 1 is 1.60 bits per heavy atom. The summed E-state index contributed by atoms with van der Waals surface area (Å²) < 4.78 is 13.6. The van der Waals surface area contributed by atoms with Gasteiger partial charge in [0, 0.05) is 25.2 Å². The standard InChI is InChI=1S/C13H16FN3O3/c1-16-5-4-9(8-16)7-15-13(18)11-6-10(17(19)20)2-3-12(11)14/h2-3,6,9H,4-5,7-8H2,1H3,(H,15,18). The van der Waals surface area contributed by atoms with E-state index in [1.807, 2.05) is 7.05 Å². The van der Waals surface area contributed by atoms with Gasteiger partial charge in [0.1, 0.15) is 5.82 Å². The van der Waals surface area contributed by atoms with Crippen molar-refractivity contribution in [2.24, 2.45) is 5.92 Å². The molecule has 7 heteroatoms. The first kappa shape index (κ1) is 14.4. The Morgan fingerprint density at radius 2 is 2.35 bits per heavy atom. The summed E-state index contributed by atoms with van der Waals surface area (Å²) in [6, 6.07) is 2.94. The third-order valence-corrected chi connectivity index (χ3v) is 3.45.